The van der Waals surface area contributed by atoms with Crippen LogP contribution in [0.1, 0.15) is 26.3 Å². The van der Waals surface area contributed by atoms with Gasteiger partial charge in [0.2, 0.25) is 0 Å². The molecule has 0 spiro atoms. The maximum atomic E-state index is 5.92. The first-order valence-corrected chi connectivity index (χ1v) is 9.08. The van der Waals surface area contributed by atoms with E-state index in [-0.39, 0.29) is 0 Å². The van der Waals surface area contributed by atoms with Crippen molar-refractivity contribution in [2.45, 2.75) is 39.4 Å². The number of nitrogens with one attached hydrogen (secondary N) is 2. The molecule has 24 heavy (non-hydrogen) atoms. The quantitative estimate of drug-likeness (QED) is 0.610. The van der Waals surface area contributed by atoms with Crippen molar-refractivity contribution < 1.29 is 4.74 Å². The van der Waals surface area contributed by atoms with Gasteiger partial charge in [0.15, 0.2) is 5.96 Å². The average Bonchev–Trinajstić information content (AvgIpc) is 2.59. The van der Waals surface area contributed by atoms with Crippen LogP contribution in [0.25, 0.3) is 0 Å². The summed E-state index contributed by atoms with van der Waals surface area (Å²) in [4.78, 5) is 7.14. The Bertz CT molecular complexity index is 520. The van der Waals surface area contributed by atoms with Crippen LogP contribution in [0.3, 0.4) is 0 Å². The summed E-state index contributed by atoms with van der Waals surface area (Å²) in [5.41, 5.74) is 1.14. The molecule has 1 saturated heterocycles. The van der Waals surface area contributed by atoms with Gasteiger partial charge in [-0.3, -0.25) is 4.90 Å². The van der Waals surface area contributed by atoms with E-state index in [0.717, 1.165) is 49.4 Å². The Labute approximate surface area is 150 Å². The lowest BCUT2D eigenvalue weighted by molar-refractivity contribution is -0.0174. The lowest BCUT2D eigenvalue weighted by Crippen LogP contribution is -2.53. The Hall–Kier alpha value is -1.30. The fourth-order valence-electron chi connectivity index (χ4n) is 2.86. The van der Waals surface area contributed by atoms with Gasteiger partial charge in [0.05, 0.1) is 19.8 Å². The predicted molar refractivity (Wildman–Crippen MR) is 101 cm³/mol. The summed E-state index contributed by atoms with van der Waals surface area (Å²) >= 11 is 5.92. The summed E-state index contributed by atoms with van der Waals surface area (Å²) < 4.78 is 5.51. The molecule has 2 atom stereocenters. The summed E-state index contributed by atoms with van der Waals surface area (Å²) in [6.07, 6.45) is 0. The summed E-state index contributed by atoms with van der Waals surface area (Å²) in [5.74, 6) is 0.847. The zero-order valence-corrected chi connectivity index (χ0v) is 15.6. The minimum Gasteiger partial charge on any atom is -0.379 e. The third-order valence-electron chi connectivity index (χ3n) is 4.23. The molecule has 0 bridgehead atoms. The Balaban J connectivity index is 1.87. The fraction of sp³-hybridized carbons (Fsp3) is 0.611. The minimum absolute atomic E-state index is 0.434. The number of benzene rings is 1. The predicted octanol–water partition coefficient (Wildman–Crippen LogP) is 2.50. The van der Waals surface area contributed by atoms with Crippen LogP contribution >= 0.6 is 11.6 Å². The second-order valence-corrected chi connectivity index (χ2v) is 6.65. The molecule has 134 valence electrons. The van der Waals surface area contributed by atoms with E-state index >= 15 is 0 Å². The van der Waals surface area contributed by atoms with Gasteiger partial charge in [0, 0.05) is 36.7 Å². The van der Waals surface area contributed by atoms with Crippen LogP contribution in [0.2, 0.25) is 5.02 Å². The Morgan fingerprint density at radius 3 is 2.79 bits per heavy atom. The van der Waals surface area contributed by atoms with Crippen LogP contribution in [0, 0.1) is 0 Å². The van der Waals surface area contributed by atoms with Crippen LogP contribution in [0.5, 0.6) is 0 Å². The van der Waals surface area contributed by atoms with Crippen molar-refractivity contribution >= 4 is 17.6 Å². The van der Waals surface area contributed by atoms with E-state index in [2.05, 4.69) is 41.3 Å². The lowest BCUT2D eigenvalue weighted by Gasteiger charge is -2.38. The summed E-state index contributed by atoms with van der Waals surface area (Å²) in [7, 11) is 0. The van der Waals surface area contributed by atoms with Crippen LogP contribution in [-0.2, 0) is 11.3 Å². The van der Waals surface area contributed by atoms with E-state index in [1.807, 2.05) is 24.3 Å². The highest BCUT2D eigenvalue weighted by atomic mass is 35.5. The molecule has 1 aliphatic rings. The Kier molecular flexibility index (Phi) is 7.82. The van der Waals surface area contributed by atoms with Gasteiger partial charge in [-0.15, -0.1) is 0 Å². The number of hydrogen-bond donors (Lipinski definition) is 2. The van der Waals surface area contributed by atoms with Crippen molar-refractivity contribution in [3.05, 3.63) is 34.9 Å². The monoisotopic (exact) mass is 352 g/mol. The number of nitrogens with zero attached hydrogens (tertiary/aromatic N) is 2. The van der Waals surface area contributed by atoms with E-state index < -0.39 is 0 Å². The fourth-order valence-corrected chi connectivity index (χ4v) is 2.98. The topological polar surface area (TPSA) is 48.9 Å². The maximum Gasteiger partial charge on any atom is 0.191 e. The highest BCUT2D eigenvalue weighted by Gasteiger charge is 2.23. The normalized spacial score (nSPS) is 20.7. The van der Waals surface area contributed by atoms with Gasteiger partial charge in [0.1, 0.15) is 0 Å². The molecular weight excluding hydrogens is 324 g/mol. The number of aliphatic imine (C=N–C) groups is 1. The first-order valence-electron chi connectivity index (χ1n) is 8.70. The highest BCUT2D eigenvalue weighted by Crippen LogP contribution is 2.11. The Morgan fingerprint density at radius 1 is 1.38 bits per heavy atom. The number of ether oxygens (including phenoxy) is 1. The summed E-state index contributed by atoms with van der Waals surface area (Å²) in [6.45, 7) is 11.5. The van der Waals surface area contributed by atoms with Crippen LogP contribution < -0.4 is 10.6 Å². The largest absolute Gasteiger partial charge is 0.379 e. The molecule has 1 heterocycles. The molecule has 0 saturated carbocycles. The van der Waals surface area contributed by atoms with E-state index in [1.165, 1.54) is 0 Å². The molecule has 0 aliphatic carbocycles. The van der Waals surface area contributed by atoms with Crippen molar-refractivity contribution in [3.63, 3.8) is 0 Å². The number of halogens is 1. The molecule has 1 aromatic carbocycles. The molecule has 0 radical (unpaired) electrons. The van der Waals surface area contributed by atoms with E-state index in [0.29, 0.717) is 18.6 Å². The van der Waals surface area contributed by atoms with Gasteiger partial charge in [-0.05, 0) is 38.5 Å². The summed E-state index contributed by atoms with van der Waals surface area (Å²) in [5, 5.41) is 7.50. The molecule has 0 amide bonds. The lowest BCUT2D eigenvalue weighted by atomic mass is 10.2. The molecule has 6 heteroatoms. The van der Waals surface area contributed by atoms with Crippen molar-refractivity contribution in [3.8, 4) is 0 Å². The second kappa shape index (κ2) is 9.87. The van der Waals surface area contributed by atoms with Gasteiger partial charge in [-0.25, -0.2) is 4.99 Å². The van der Waals surface area contributed by atoms with E-state index in [4.69, 9.17) is 16.3 Å². The molecular formula is C18H29ClN4O. The van der Waals surface area contributed by atoms with Crippen LogP contribution in [-0.4, -0.2) is 55.8 Å². The zero-order chi connectivity index (χ0) is 17.4. The SMILES string of the molecule is CCNC(=NCc1ccc(Cl)cc1)NCC(C)N1CCOCC1C. The molecule has 2 unspecified atom stereocenters. The van der Waals surface area contributed by atoms with Crippen LogP contribution in [0.15, 0.2) is 29.3 Å². The van der Waals surface area contributed by atoms with Crippen molar-refractivity contribution in [1.82, 2.24) is 15.5 Å². The van der Waals surface area contributed by atoms with Crippen molar-refractivity contribution in [2.75, 3.05) is 32.8 Å². The molecule has 1 aromatic rings. The van der Waals surface area contributed by atoms with Gasteiger partial charge in [0.25, 0.3) is 0 Å². The number of hydrogen-bond acceptors (Lipinski definition) is 3. The molecule has 5 nitrogen and oxygen atoms in total. The molecule has 1 aliphatic heterocycles. The molecule has 1 fully saturated rings. The zero-order valence-electron chi connectivity index (χ0n) is 14.9. The first kappa shape index (κ1) is 19.0. The summed E-state index contributed by atoms with van der Waals surface area (Å²) in [6, 6.07) is 8.71. The van der Waals surface area contributed by atoms with Crippen molar-refractivity contribution in [2.24, 2.45) is 4.99 Å². The standard InChI is InChI=1S/C18H29ClN4O/c1-4-20-18(22-12-16-5-7-17(19)8-6-16)21-11-14(2)23-9-10-24-13-15(23)3/h5-8,14-15H,4,9-13H2,1-3H3,(H2,20,21,22). The van der Waals surface area contributed by atoms with E-state index in [9.17, 15) is 0 Å². The first-order chi connectivity index (χ1) is 11.6. The van der Waals surface area contributed by atoms with Gasteiger partial charge in [-0.1, -0.05) is 23.7 Å². The number of rotatable bonds is 6. The van der Waals surface area contributed by atoms with E-state index in [1.54, 1.807) is 0 Å². The average molecular weight is 353 g/mol. The van der Waals surface area contributed by atoms with Gasteiger partial charge < -0.3 is 15.4 Å². The third-order valence-corrected chi connectivity index (χ3v) is 4.48. The highest BCUT2D eigenvalue weighted by molar-refractivity contribution is 6.30. The van der Waals surface area contributed by atoms with Crippen LogP contribution in [0.4, 0.5) is 0 Å². The third kappa shape index (κ3) is 5.96. The Morgan fingerprint density at radius 2 is 2.12 bits per heavy atom. The van der Waals surface area contributed by atoms with Gasteiger partial charge >= 0.3 is 0 Å². The maximum absolute atomic E-state index is 5.92. The molecule has 0 aromatic heterocycles. The number of morpholine rings is 1. The van der Waals surface area contributed by atoms with Gasteiger partial charge in [-0.2, -0.15) is 0 Å². The minimum atomic E-state index is 0.434. The number of guanidine groups is 1. The smallest absolute Gasteiger partial charge is 0.191 e. The molecule has 2 N–H and O–H groups in total. The second-order valence-electron chi connectivity index (χ2n) is 6.21. The van der Waals surface area contributed by atoms with Crippen molar-refractivity contribution in [1.29, 1.82) is 0 Å². The molecule has 2 rings (SSSR count).